The van der Waals surface area contributed by atoms with Crippen LogP contribution in [0, 0.1) is 5.82 Å². The van der Waals surface area contributed by atoms with Gasteiger partial charge in [-0.3, -0.25) is 19.3 Å². The summed E-state index contributed by atoms with van der Waals surface area (Å²) >= 11 is 6.67. The lowest BCUT2D eigenvalue weighted by Crippen LogP contribution is -2.27. The van der Waals surface area contributed by atoms with Crippen molar-refractivity contribution in [1.82, 2.24) is 4.90 Å². The Morgan fingerprint density at radius 2 is 1.79 bits per heavy atom. The highest BCUT2D eigenvalue weighted by Gasteiger charge is 2.35. The molecule has 1 aliphatic rings. The van der Waals surface area contributed by atoms with E-state index in [0.29, 0.717) is 27.6 Å². The van der Waals surface area contributed by atoms with Crippen molar-refractivity contribution >= 4 is 52.2 Å². The summed E-state index contributed by atoms with van der Waals surface area (Å²) in [6.07, 6.45) is 1.59. The third-order valence-corrected chi connectivity index (χ3v) is 5.94. The van der Waals surface area contributed by atoms with Crippen LogP contribution in [0.4, 0.5) is 14.9 Å². The van der Waals surface area contributed by atoms with E-state index in [1.807, 2.05) is 0 Å². The lowest BCUT2D eigenvalue weighted by atomic mass is 10.2. The molecule has 0 aromatic heterocycles. The highest BCUT2D eigenvalue weighted by atomic mass is 35.5. The van der Waals surface area contributed by atoms with E-state index in [1.165, 1.54) is 24.3 Å². The van der Waals surface area contributed by atoms with E-state index in [9.17, 15) is 18.8 Å². The molecule has 34 heavy (non-hydrogen) atoms. The minimum atomic E-state index is -0.423. The van der Waals surface area contributed by atoms with Crippen molar-refractivity contribution in [2.45, 2.75) is 6.54 Å². The molecule has 0 radical (unpaired) electrons. The Labute approximate surface area is 204 Å². The Morgan fingerprint density at radius 3 is 2.53 bits per heavy atom. The van der Waals surface area contributed by atoms with Crippen molar-refractivity contribution in [1.29, 1.82) is 0 Å². The molecule has 3 aromatic rings. The van der Waals surface area contributed by atoms with Crippen molar-refractivity contribution in [2.75, 3.05) is 11.9 Å². The van der Waals surface area contributed by atoms with Crippen molar-refractivity contribution in [3.8, 4) is 5.75 Å². The van der Waals surface area contributed by atoms with Gasteiger partial charge in [0.05, 0.1) is 11.4 Å². The van der Waals surface area contributed by atoms with Gasteiger partial charge in [0, 0.05) is 10.7 Å². The predicted molar refractivity (Wildman–Crippen MR) is 130 cm³/mol. The molecule has 0 spiro atoms. The van der Waals surface area contributed by atoms with Gasteiger partial charge in [-0.2, -0.15) is 0 Å². The number of anilines is 1. The number of hydrogen-bond acceptors (Lipinski definition) is 5. The highest BCUT2D eigenvalue weighted by Crippen LogP contribution is 2.33. The quantitative estimate of drug-likeness (QED) is 0.422. The maximum atomic E-state index is 13.1. The van der Waals surface area contributed by atoms with E-state index in [4.69, 9.17) is 16.3 Å². The summed E-state index contributed by atoms with van der Waals surface area (Å²) < 4.78 is 18.7. The first-order chi connectivity index (χ1) is 16.4. The average molecular weight is 497 g/mol. The smallest absolute Gasteiger partial charge is 0.293 e. The van der Waals surface area contributed by atoms with Crippen LogP contribution in [0.3, 0.4) is 0 Å². The second kappa shape index (κ2) is 10.5. The first kappa shape index (κ1) is 23.5. The zero-order valence-corrected chi connectivity index (χ0v) is 19.2. The molecular weight excluding hydrogens is 479 g/mol. The molecule has 172 valence electrons. The van der Waals surface area contributed by atoms with Crippen molar-refractivity contribution < 1.29 is 23.5 Å². The van der Waals surface area contributed by atoms with E-state index >= 15 is 0 Å². The molecular formula is C25H18ClFN2O4S. The molecule has 3 amide bonds. The molecule has 0 aliphatic carbocycles. The van der Waals surface area contributed by atoms with Crippen LogP contribution in [0.15, 0.2) is 77.7 Å². The van der Waals surface area contributed by atoms with Gasteiger partial charge in [-0.05, 0) is 77.5 Å². The molecule has 0 atom stereocenters. The Hall–Kier alpha value is -3.62. The standard InChI is InChI=1S/C25H18ClFN2O4S/c26-18-6-10-20(11-7-18)28-23(30)15-33-21-3-1-2-17(12-21)13-22-24(31)29(25(32)34-22)14-16-4-8-19(27)9-5-16/h1-13H,14-15H2,(H,28,30)/b22-13-. The maximum Gasteiger partial charge on any atom is 0.293 e. The Kier molecular flexibility index (Phi) is 7.30. The number of imide groups is 1. The lowest BCUT2D eigenvalue weighted by Gasteiger charge is -2.12. The van der Waals surface area contributed by atoms with Gasteiger partial charge in [0.1, 0.15) is 11.6 Å². The van der Waals surface area contributed by atoms with Crippen LogP contribution in [0.1, 0.15) is 11.1 Å². The van der Waals surface area contributed by atoms with Crippen LogP contribution < -0.4 is 10.1 Å². The van der Waals surface area contributed by atoms with Gasteiger partial charge in [-0.25, -0.2) is 4.39 Å². The Morgan fingerprint density at radius 1 is 1.06 bits per heavy atom. The zero-order chi connectivity index (χ0) is 24.1. The molecule has 9 heteroatoms. The zero-order valence-electron chi connectivity index (χ0n) is 17.7. The van der Waals surface area contributed by atoms with Crippen molar-refractivity contribution in [2.24, 2.45) is 0 Å². The molecule has 0 bridgehead atoms. The monoisotopic (exact) mass is 496 g/mol. The molecule has 3 aromatic carbocycles. The second-order valence-electron chi connectivity index (χ2n) is 7.31. The number of hydrogen-bond donors (Lipinski definition) is 1. The SMILES string of the molecule is O=C(COc1cccc(/C=C2\SC(=O)N(Cc3ccc(F)cc3)C2=O)c1)Nc1ccc(Cl)cc1. The van der Waals surface area contributed by atoms with Gasteiger partial charge in [-0.15, -0.1) is 0 Å². The summed E-state index contributed by atoms with van der Waals surface area (Å²) in [5.74, 6) is -0.712. The predicted octanol–water partition coefficient (Wildman–Crippen LogP) is 5.73. The average Bonchev–Trinajstić information content (AvgIpc) is 3.08. The first-order valence-corrected chi connectivity index (χ1v) is 11.3. The largest absolute Gasteiger partial charge is 0.484 e. The van der Waals surface area contributed by atoms with Crippen molar-refractivity contribution in [3.05, 3.63) is 99.7 Å². The molecule has 1 aliphatic heterocycles. The summed E-state index contributed by atoms with van der Waals surface area (Å²) in [6.45, 7) is -0.144. The minimum Gasteiger partial charge on any atom is -0.484 e. The third kappa shape index (κ3) is 6.03. The summed E-state index contributed by atoms with van der Waals surface area (Å²) in [6, 6.07) is 19.2. The van der Waals surface area contributed by atoms with E-state index in [0.717, 1.165) is 16.7 Å². The number of benzene rings is 3. The first-order valence-electron chi connectivity index (χ1n) is 10.2. The number of carbonyl (C=O) groups is 3. The molecule has 1 N–H and O–H groups in total. The van der Waals surface area contributed by atoms with E-state index < -0.39 is 11.1 Å². The number of nitrogens with one attached hydrogen (secondary N) is 1. The number of nitrogens with zero attached hydrogens (tertiary/aromatic N) is 1. The van der Waals surface area contributed by atoms with E-state index in [2.05, 4.69) is 5.32 Å². The van der Waals surface area contributed by atoms with Crippen LogP contribution >= 0.6 is 23.4 Å². The van der Waals surface area contributed by atoms with Crippen LogP contribution in [0.5, 0.6) is 5.75 Å². The van der Waals surface area contributed by atoms with E-state index in [-0.39, 0.29) is 29.8 Å². The van der Waals surface area contributed by atoms with Gasteiger partial charge in [0.25, 0.3) is 17.1 Å². The van der Waals surface area contributed by atoms with Crippen LogP contribution in [0.25, 0.3) is 6.08 Å². The minimum absolute atomic E-state index is 0.0637. The summed E-state index contributed by atoms with van der Waals surface area (Å²) in [5.41, 5.74) is 1.89. The molecule has 4 rings (SSSR count). The van der Waals surface area contributed by atoms with Gasteiger partial charge >= 0.3 is 0 Å². The van der Waals surface area contributed by atoms with Crippen molar-refractivity contribution in [3.63, 3.8) is 0 Å². The Bertz CT molecular complexity index is 1260. The molecule has 0 unspecified atom stereocenters. The van der Waals surface area contributed by atoms with Gasteiger partial charge < -0.3 is 10.1 Å². The molecule has 1 saturated heterocycles. The normalized spacial score (nSPS) is 14.5. The second-order valence-corrected chi connectivity index (χ2v) is 8.74. The number of rotatable bonds is 7. The van der Waals surface area contributed by atoms with Crippen LogP contribution in [0.2, 0.25) is 5.02 Å². The number of halogens is 2. The van der Waals surface area contributed by atoms with Gasteiger partial charge in [0.2, 0.25) is 0 Å². The lowest BCUT2D eigenvalue weighted by molar-refractivity contribution is -0.123. The van der Waals surface area contributed by atoms with E-state index in [1.54, 1.807) is 54.6 Å². The summed E-state index contributed by atoms with van der Waals surface area (Å²) in [5, 5.41) is 2.88. The topological polar surface area (TPSA) is 75.7 Å². The summed E-state index contributed by atoms with van der Waals surface area (Å²) in [4.78, 5) is 38.6. The fraction of sp³-hybridized carbons (Fsp3) is 0.0800. The van der Waals surface area contributed by atoms with Crippen LogP contribution in [-0.4, -0.2) is 28.6 Å². The van der Waals surface area contributed by atoms with Gasteiger partial charge in [-0.1, -0.05) is 35.9 Å². The summed E-state index contributed by atoms with van der Waals surface area (Å²) in [7, 11) is 0. The molecule has 1 heterocycles. The van der Waals surface area contributed by atoms with Gasteiger partial charge in [0.15, 0.2) is 6.61 Å². The molecule has 0 saturated carbocycles. The van der Waals surface area contributed by atoms with Crippen LogP contribution in [-0.2, 0) is 16.1 Å². The Balaban J connectivity index is 1.38. The fourth-order valence-electron chi connectivity index (χ4n) is 3.13. The highest BCUT2D eigenvalue weighted by molar-refractivity contribution is 8.18. The molecule has 1 fully saturated rings. The number of carbonyl (C=O) groups excluding carboxylic acids is 3. The fourth-order valence-corrected chi connectivity index (χ4v) is 4.10. The number of ether oxygens (including phenoxy) is 1. The number of thioether (sulfide) groups is 1. The molecule has 6 nitrogen and oxygen atoms in total. The number of amides is 3. The third-order valence-electron chi connectivity index (χ3n) is 4.78. The maximum absolute atomic E-state index is 13.1.